The highest BCUT2D eigenvalue weighted by Gasteiger charge is 2.15. The van der Waals surface area contributed by atoms with Crippen LogP contribution >= 0.6 is 12.2 Å². The van der Waals surface area contributed by atoms with Crippen LogP contribution in [-0.2, 0) is 4.79 Å². The number of carbonyl (C=O) groups is 1. The zero-order valence-corrected chi connectivity index (χ0v) is 10.6. The first kappa shape index (κ1) is 13.2. The number of aryl methyl sites for hydroxylation is 1. The van der Waals surface area contributed by atoms with E-state index in [0.29, 0.717) is 11.4 Å². The Bertz CT molecular complexity index is 490. The largest absolute Gasteiger partial charge is 0.402 e. The summed E-state index contributed by atoms with van der Waals surface area (Å²) >= 11 is 4.80. The Morgan fingerprint density at radius 2 is 1.88 bits per heavy atom. The first-order valence-corrected chi connectivity index (χ1v) is 5.47. The van der Waals surface area contributed by atoms with Crippen LogP contribution in [0.15, 0.2) is 35.5 Å². The second kappa shape index (κ2) is 5.45. The molecule has 0 unspecified atom stereocenters. The molecule has 0 atom stereocenters. The molecule has 0 aliphatic carbocycles. The fraction of sp³-hybridized carbons (Fsp3) is 0.167. The van der Waals surface area contributed by atoms with Crippen molar-refractivity contribution in [3.8, 4) is 0 Å². The maximum atomic E-state index is 11.9. The SMILES string of the molecule is CC(N)=C(C(=O)Nc1ccccc1C)C(N)=S. The van der Waals surface area contributed by atoms with E-state index < -0.39 is 0 Å². The Kier molecular flexibility index (Phi) is 4.23. The van der Waals surface area contributed by atoms with Crippen LogP contribution in [0.1, 0.15) is 12.5 Å². The predicted molar refractivity (Wildman–Crippen MR) is 73.5 cm³/mol. The summed E-state index contributed by atoms with van der Waals surface area (Å²) in [6, 6.07) is 7.43. The molecule has 5 N–H and O–H groups in total. The summed E-state index contributed by atoms with van der Waals surface area (Å²) < 4.78 is 0. The number of thiocarbonyl (C=S) groups is 1. The molecule has 0 saturated heterocycles. The molecule has 0 radical (unpaired) electrons. The van der Waals surface area contributed by atoms with E-state index in [-0.39, 0.29) is 16.5 Å². The second-order valence-electron chi connectivity index (χ2n) is 3.69. The Balaban J connectivity index is 2.98. The average molecular weight is 249 g/mol. The van der Waals surface area contributed by atoms with Gasteiger partial charge in [-0.15, -0.1) is 0 Å². The maximum absolute atomic E-state index is 11.9. The number of hydrogen-bond donors (Lipinski definition) is 3. The molecule has 0 heterocycles. The Hall–Kier alpha value is -1.88. The summed E-state index contributed by atoms with van der Waals surface area (Å²) in [5, 5.41) is 2.73. The van der Waals surface area contributed by atoms with Crippen molar-refractivity contribution in [2.24, 2.45) is 11.5 Å². The van der Waals surface area contributed by atoms with Crippen molar-refractivity contribution < 1.29 is 4.79 Å². The molecule has 1 amide bonds. The first-order valence-electron chi connectivity index (χ1n) is 5.06. The highest BCUT2D eigenvalue weighted by molar-refractivity contribution is 7.80. The minimum atomic E-state index is -0.383. The van der Waals surface area contributed by atoms with Gasteiger partial charge in [0.25, 0.3) is 5.91 Å². The van der Waals surface area contributed by atoms with Gasteiger partial charge in [-0.2, -0.15) is 0 Å². The summed E-state index contributed by atoms with van der Waals surface area (Å²) in [7, 11) is 0. The van der Waals surface area contributed by atoms with Crippen molar-refractivity contribution in [3.63, 3.8) is 0 Å². The van der Waals surface area contributed by atoms with E-state index in [1.54, 1.807) is 13.0 Å². The van der Waals surface area contributed by atoms with Crippen LogP contribution < -0.4 is 16.8 Å². The average Bonchev–Trinajstić information content (AvgIpc) is 2.20. The van der Waals surface area contributed by atoms with Gasteiger partial charge in [-0.05, 0) is 25.5 Å². The molecule has 1 aromatic rings. The van der Waals surface area contributed by atoms with Crippen molar-refractivity contribution in [3.05, 3.63) is 41.1 Å². The molecule has 0 aliphatic rings. The number of carbonyl (C=O) groups excluding carboxylic acids is 1. The summed E-state index contributed by atoms with van der Waals surface area (Å²) in [6.45, 7) is 3.49. The number of nitrogens with two attached hydrogens (primary N) is 2. The Morgan fingerprint density at radius 1 is 1.29 bits per heavy atom. The molecule has 0 aliphatic heterocycles. The minimum Gasteiger partial charge on any atom is -0.402 e. The van der Waals surface area contributed by atoms with Gasteiger partial charge in [-0.3, -0.25) is 4.79 Å². The number of hydrogen-bond acceptors (Lipinski definition) is 3. The van der Waals surface area contributed by atoms with Gasteiger partial charge in [-0.25, -0.2) is 0 Å². The van der Waals surface area contributed by atoms with Gasteiger partial charge in [0, 0.05) is 11.4 Å². The maximum Gasteiger partial charge on any atom is 0.260 e. The number of rotatable bonds is 3. The minimum absolute atomic E-state index is 0.00363. The molecule has 0 fully saturated rings. The highest BCUT2D eigenvalue weighted by Crippen LogP contribution is 2.14. The van der Waals surface area contributed by atoms with Crippen LogP contribution in [0.5, 0.6) is 0 Å². The molecule has 1 rings (SSSR count). The number of anilines is 1. The molecule has 0 bridgehead atoms. The zero-order valence-electron chi connectivity index (χ0n) is 9.78. The van der Waals surface area contributed by atoms with E-state index in [1.807, 2.05) is 25.1 Å². The Labute approximate surface area is 106 Å². The third-order valence-electron chi connectivity index (χ3n) is 2.26. The lowest BCUT2D eigenvalue weighted by molar-refractivity contribution is -0.112. The fourth-order valence-electron chi connectivity index (χ4n) is 1.38. The van der Waals surface area contributed by atoms with E-state index in [1.165, 1.54) is 0 Å². The van der Waals surface area contributed by atoms with Crippen molar-refractivity contribution in [1.82, 2.24) is 0 Å². The third kappa shape index (κ3) is 3.29. The van der Waals surface area contributed by atoms with Crippen LogP contribution in [0.25, 0.3) is 0 Å². The molecule has 4 nitrogen and oxygen atoms in total. The van der Waals surface area contributed by atoms with Gasteiger partial charge in [0.15, 0.2) is 0 Å². The molecule has 0 saturated carbocycles. The van der Waals surface area contributed by atoms with Crippen LogP contribution in [0.2, 0.25) is 0 Å². The van der Waals surface area contributed by atoms with Crippen molar-refractivity contribution >= 4 is 28.8 Å². The number of benzene rings is 1. The highest BCUT2D eigenvalue weighted by atomic mass is 32.1. The lowest BCUT2D eigenvalue weighted by Crippen LogP contribution is -2.27. The van der Waals surface area contributed by atoms with Gasteiger partial charge >= 0.3 is 0 Å². The summed E-state index contributed by atoms with van der Waals surface area (Å²) in [4.78, 5) is 11.9. The quantitative estimate of drug-likeness (QED) is 0.559. The molecule has 17 heavy (non-hydrogen) atoms. The molecule has 0 aromatic heterocycles. The van der Waals surface area contributed by atoms with Gasteiger partial charge in [0.05, 0.1) is 5.57 Å². The molecule has 5 heteroatoms. The molecular formula is C12H15N3OS. The summed E-state index contributed by atoms with van der Waals surface area (Å²) in [5.74, 6) is -0.383. The van der Waals surface area contributed by atoms with Gasteiger partial charge in [0.2, 0.25) is 0 Å². The topological polar surface area (TPSA) is 81.1 Å². The lowest BCUT2D eigenvalue weighted by atomic mass is 10.1. The molecular weight excluding hydrogens is 234 g/mol. The fourth-order valence-corrected chi connectivity index (χ4v) is 1.64. The standard InChI is InChI=1S/C12H15N3OS/c1-7-5-3-4-6-9(7)15-12(16)10(8(2)13)11(14)17/h3-6H,13H2,1-2H3,(H2,14,17)(H,15,16). The summed E-state index contributed by atoms with van der Waals surface area (Å²) in [6.07, 6.45) is 0. The second-order valence-corrected chi connectivity index (χ2v) is 4.13. The van der Waals surface area contributed by atoms with Crippen LogP contribution in [0.4, 0.5) is 5.69 Å². The molecule has 0 spiro atoms. The van der Waals surface area contributed by atoms with E-state index in [0.717, 1.165) is 5.56 Å². The monoisotopic (exact) mass is 249 g/mol. The normalized spacial score (nSPS) is 11.6. The van der Waals surface area contributed by atoms with Crippen LogP contribution in [-0.4, -0.2) is 10.9 Å². The number of para-hydroxylation sites is 1. The molecule has 90 valence electrons. The number of allylic oxidation sites excluding steroid dienone is 1. The third-order valence-corrected chi connectivity index (χ3v) is 2.47. The van der Waals surface area contributed by atoms with Gasteiger partial charge < -0.3 is 16.8 Å². The van der Waals surface area contributed by atoms with Gasteiger partial charge in [-0.1, -0.05) is 30.4 Å². The summed E-state index contributed by atoms with van der Waals surface area (Å²) in [5.41, 5.74) is 13.2. The Morgan fingerprint density at radius 3 is 2.35 bits per heavy atom. The lowest BCUT2D eigenvalue weighted by Gasteiger charge is -2.11. The smallest absolute Gasteiger partial charge is 0.260 e. The zero-order chi connectivity index (χ0) is 13.0. The van der Waals surface area contributed by atoms with E-state index >= 15 is 0 Å². The first-order chi connectivity index (χ1) is 7.93. The van der Waals surface area contributed by atoms with E-state index in [4.69, 9.17) is 23.7 Å². The van der Waals surface area contributed by atoms with E-state index in [2.05, 4.69) is 5.32 Å². The van der Waals surface area contributed by atoms with Gasteiger partial charge in [0.1, 0.15) is 4.99 Å². The molecule has 1 aromatic carbocycles. The number of nitrogens with one attached hydrogen (secondary N) is 1. The van der Waals surface area contributed by atoms with Crippen LogP contribution in [0.3, 0.4) is 0 Å². The van der Waals surface area contributed by atoms with Crippen molar-refractivity contribution in [2.75, 3.05) is 5.32 Å². The predicted octanol–water partition coefficient (Wildman–Crippen LogP) is 1.45. The van der Waals surface area contributed by atoms with Crippen molar-refractivity contribution in [1.29, 1.82) is 0 Å². The number of amides is 1. The van der Waals surface area contributed by atoms with Crippen molar-refractivity contribution in [2.45, 2.75) is 13.8 Å². The van der Waals surface area contributed by atoms with E-state index in [9.17, 15) is 4.79 Å². The van der Waals surface area contributed by atoms with Crippen LogP contribution in [0, 0.1) is 6.92 Å².